The van der Waals surface area contributed by atoms with Crippen molar-refractivity contribution in [3.8, 4) is 17.0 Å². The third-order valence-corrected chi connectivity index (χ3v) is 10.7. The molecule has 318 valence electrons. The summed E-state index contributed by atoms with van der Waals surface area (Å²) in [5, 5.41) is 16.3. The van der Waals surface area contributed by atoms with Crippen LogP contribution in [0.25, 0.3) is 16.8 Å². The number of hydrogen-bond donors (Lipinski definition) is 3. The third-order valence-electron chi connectivity index (χ3n) is 10.7. The summed E-state index contributed by atoms with van der Waals surface area (Å²) in [5.41, 5.74) is 6.48. The highest BCUT2D eigenvalue weighted by Gasteiger charge is 2.29. The number of imide groups is 1. The van der Waals surface area contributed by atoms with Gasteiger partial charge in [0.2, 0.25) is 11.8 Å². The molecule has 0 bridgehead atoms. The largest absolute Gasteiger partial charge is 0.481 e. The Kier molecular flexibility index (Phi) is 11.5. The van der Waals surface area contributed by atoms with Crippen molar-refractivity contribution in [2.24, 2.45) is 0 Å². The monoisotopic (exact) mass is 839 g/mol. The topological polar surface area (TPSA) is 219 Å². The minimum absolute atomic E-state index is 0.00161. The first-order valence-electron chi connectivity index (χ1n) is 20.2. The predicted octanol–water partition coefficient (Wildman–Crippen LogP) is 3.79. The third kappa shape index (κ3) is 9.13. The maximum atomic E-state index is 13.5. The minimum Gasteiger partial charge on any atom is -0.481 e. The lowest BCUT2D eigenvalue weighted by Gasteiger charge is -2.35. The molecule has 0 aliphatic carbocycles. The quantitative estimate of drug-likeness (QED) is 0.159. The van der Waals surface area contributed by atoms with Gasteiger partial charge in [0.1, 0.15) is 12.1 Å². The first-order valence-corrected chi connectivity index (χ1v) is 20.2. The van der Waals surface area contributed by atoms with E-state index >= 15 is 0 Å². The number of ether oxygens (including phenoxy) is 1. The highest BCUT2D eigenvalue weighted by molar-refractivity contribution is 6.00. The molecule has 18 heteroatoms. The standard InChI is InChI=1S/C44H45N11O7/c1-26-19-28(5-6-29(26)21-46-41(59)38-51-43(62-52-38)44(2,3)4)37-34-20-32(24-55(34)49-25-48-37)53-15-17-54(18-16-53)42(60)30-7-10-31(45-22-30)23-47-39(57)27-8-11-33(12-9-27)61-35-13-14-36(56)50-40(35)58/h5-12,19-20,22,24-25,35H,13-18,21,23H2,1-4H3,(H,46,59)(H,47,57)(H,50,56,58). The number of benzene rings is 2. The van der Waals surface area contributed by atoms with Crippen molar-refractivity contribution in [2.45, 2.75) is 65.1 Å². The fourth-order valence-corrected chi connectivity index (χ4v) is 7.14. The zero-order valence-electron chi connectivity index (χ0n) is 34.7. The number of carbonyl (C=O) groups is 5. The summed E-state index contributed by atoms with van der Waals surface area (Å²) < 4.78 is 12.7. The van der Waals surface area contributed by atoms with Gasteiger partial charge < -0.3 is 29.7 Å². The van der Waals surface area contributed by atoms with Crippen molar-refractivity contribution >= 4 is 40.7 Å². The molecule has 18 nitrogen and oxygen atoms in total. The fraction of sp³-hybridized carbons (Fsp3) is 0.318. The van der Waals surface area contributed by atoms with Gasteiger partial charge in [-0.15, -0.1) is 0 Å². The van der Waals surface area contributed by atoms with E-state index in [4.69, 9.17) is 9.26 Å². The number of anilines is 1. The van der Waals surface area contributed by atoms with Crippen LogP contribution in [0.3, 0.4) is 0 Å². The molecule has 2 saturated heterocycles. The van der Waals surface area contributed by atoms with E-state index in [1.54, 1.807) is 36.4 Å². The van der Waals surface area contributed by atoms with Gasteiger partial charge in [0.25, 0.3) is 29.5 Å². The Morgan fingerprint density at radius 1 is 0.903 bits per heavy atom. The molecule has 0 saturated carbocycles. The van der Waals surface area contributed by atoms with Gasteiger partial charge in [-0.1, -0.05) is 38.1 Å². The normalized spacial score (nSPS) is 15.6. The number of piperidine rings is 1. The van der Waals surface area contributed by atoms with Crippen molar-refractivity contribution in [2.75, 3.05) is 31.1 Å². The van der Waals surface area contributed by atoms with E-state index in [2.05, 4.69) is 52.1 Å². The lowest BCUT2D eigenvalue weighted by molar-refractivity contribution is -0.138. The molecule has 3 N–H and O–H groups in total. The summed E-state index contributed by atoms with van der Waals surface area (Å²) >= 11 is 0. The Morgan fingerprint density at radius 3 is 2.35 bits per heavy atom. The van der Waals surface area contributed by atoms with Crippen LogP contribution in [0.1, 0.15) is 87.7 Å². The maximum absolute atomic E-state index is 13.5. The summed E-state index contributed by atoms with van der Waals surface area (Å²) in [4.78, 5) is 79.6. The first kappa shape index (κ1) is 41.2. The zero-order valence-corrected chi connectivity index (χ0v) is 34.7. The molecular weight excluding hydrogens is 795 g/mol. The lowest BCUT2D eigenvalue weighted by atomic mass is 9.97. The molecule has 1 unspecified atom stereocenters. The summed E-state index contributed by atoms with van der Waals surface area (Å²) in [5.74, 6) is -0.840. The van der Waals surface area contributed by atoms with Gasteiger partial charge in [-0.2, -0.15) is 10.1 Å². The van der Waals surface area contributed by atoms with Crippen molar-refractivity contribution < 1.29 is 33.2 Å². The predicted molar refractivity (Wildman–Crippen MR) is 224 cm³/mol. The molecule has 1 atom stereocenters. The zero-order chi connectivity index (χ0) is 43.5. The SMILES string of the molecule is Cc1cc(-c2ncnn3cc(N4CCN(C(=O)c5ccc(CNC(=O)c6ccc(OC7CCC(=O)NC7=O)cc6)nc5)CC4)cc23)ccc1CNC(=O)c1noc(C(C)(C)C)n1. The molecular formula is C44H45N11O7. The number of hydrogen-bond acceptors (Lipinski definition) is 13. The van der Waals surface area contributed by atoms with Crippen molar-refractivity contribution in [3.05, 3.63) is 119 Å². The molecule has 5 amide bonds. The van der Waals surface area contributed by atoms with Crippen molar-refractivity contribution in [3.63, 3.8) is 0 Å². The molecule has 4 aromatic heterocycles. The highest BCUT2D eigenvalue weighted by atomic mass is 16.5. The number of pyridine rings is 1. The minimum atomic E-state index is -0.763. The Hall–Kier alpha value is -7.50. The number of nitrogens with one attached hydrogen (secondary N) is 3. The van der Waals surface area contributed by atoms with E-state index in [0.29, 0.717) is 67.6 Å². The van der Waals surface area contributed by atoms with Crippen LogP contribution in [0.2, 0.25) is 0 Å². The van der Waals surface area contributed by atoms with E-state index < -0.39 is 17.9 Å². The van der Waals surface area contributed by atoms with Gasteiger partial charge in [-0.25, -0.2) is 9.50 Å². The fourth-order valence-electron chi connectivity index (χ4n) is 7.14. The van der Waals surface area contributed by atoms with E-state index in [-0.39, 0.29) is 41.9 Å². The second-order valence-electron chi connectivity index (χ2n) is 16.2. The van der Waals surface area contributed by atoms with Crippen molar-refractivity contribution in [1.29, 1.82) is 0 Å². The summed E-state index contributed by atoms with van der Waals surface area (Å²) in [6.07, 6.45) is 4.76. The number of nitrogens with zero attached hydrogens (tertiary/aromatic N) is 8. The van der Waals surface area contributed by atoms with Crippen LogP contribution in [0, 0.1) is 6.92 Å². The van der Waals surface area contributed by atoms with E-state index in [1.165, 1.54) is 12.5 Å². The van der Waals surface area contributed by atoms with Crippen LogP contribution in [0.4, 0.5) is 5.69 Å². The molecule has 0 radical (unpaired) electrons. The highest BCUT2D eigenvalue weighted by Crippen LogP contribution is 2.29. The van der Waals surface area contributed by atoms with Crippen LogP contribution in [0.15, 0.2) is 83.9 Å². The van der Waals surface area contributed by atoms with Gasteiger partial charge in [0.15, 0.2) is 6.10 Å². The number of aromatic nitrogens is 6. The van der Waals surface area contributed by atoms with E-state index in [9.17, 15) is 24.0 Å². The average Bonchev–Trinajstić information content (AvgIpc) is 3.96. The van der Waals surface area contributed by atoms with E-state index in [1.807, 2.05) is 61.5 Å². The molecule has 6 heterocycles. The van der Waals surface area contributed by atoms with Crippen molar-refractivity contribution in [1.82, 2.24) is 50.6 Å². The molecule has 0 spiro atoms. The van der Waals surface area contributed by atoms with E-state index in [0.717, 1.165) is 33.6 Å². The van der Waals surface area contributed by atoms with Crippen LogP contribution < -0.4 is 25.6 Å². The Bertz CT molecular complexity index is 2660. The molecule has 2 fully saturated rings. The van der Waals surface area contributed by atoms with Crippen LogP contribution >= 0.6 is 0 Å². The number of aryl methyl sites for hydroxylation is 1. The second kappa shape index (κ2) is 17.2. The van der Waals surface area contributed by atoms with Crippen LogP contribution in [-0.2, 0) is 28.1 Å². The first-order chi connectivity index (χ1) is 29.8. The Morgan fingerprint density at radius 2 is 1.66 bits per heavy atom. The van der Waals surface area contributed by atoms with Gasteiger partial charge in [0.05, 0.1) is 40.9 Å². The number of piperazine rings is 1. The molecule has 8 rings (SSSR count). The number of carbonyl (C=O) groups excluding carboxylic acids is 5. The van der Waals surface area contributed by atoms with Gasteiger partial charge in [0, 0.05) is 68.3 Å². The summed E-state index contributed by atoms with van der Waals surface area (Å²) in [7, 11) is 0. The molecule has 2 aliphatic rings. The molecule has 2 aliphatic heterocycles. The number of rotatable bonds is 11. The van der Waals surface area contributed by atoms with Gasteiger partial charge in [-0.05, 0) is 66.6 Å². The molecule has 62 heavy (non-hydrogen) atoms. The van der Waals surface area contributed by atoms with Gasteiger partial charge in [-0.3, -0.25) is 34.3 Å². The maximum Gasteiger partial charge on any atom is 0.292 e. The summed E-state index contributed by atoms with van der Waals surface area (Å²) in [6.45, 7) is 10.5. The van der Waals surface area contributed by atoms with Gasteiger partial charge >= 0.3 is 0 Å². The second-order valence-corrected chi connectivity index (χ2v) is 16.2. The van der Waals surface area contributed by atoms with Crippen LogP contribution in [0.5, 0.6) is 5.75 Å². The number of amides is 5. The average molecular weight is 840 g/mol. The Balaban J connectivity index is 0.822. The Labute approximate surface area is 356 Å². The lowest BCUT2D eigenvalue weighted by Crippen LogP contribution is -2.48. The summed E-state index contributed by atoms with van der Waals surface area (Å²) in [6, 6.07) is 17.9. The smallest absolute Gasteiger partial charge is 0.292 e. The van der Waals surface area contributed by atoms with Crippen LogP contribution in [-0.4, -0.2) is 96.4 Å². The molecule has 2 aromatic carbocycles. The number of fused-ring (bicyclic) bond motifs is 1. The molecule has 6 aromatic rings.